The zero-order chi connectivity index (χ0) is 21.1. The molecule has 31 heavy (non-hydrogen) atoms. The zero-order valence-electron chi connectivity index (χ0n) is 17.3. The summed E-state index contributed by atoms with van der Waals surface area (Å²) in [5.74, 6) is 0. The molecule has 5 heteroatoms. The Bertz CT molecular complexity index is 1380. The summed E-state index contributed by atoms with van der Waals surface area (Å²) in [5.41, 5.74) is 2.37. The summed E-state index contributed by atoms with van der Waals surface area (Å²) < 4.78 is 13.4. The lowest BCUT2D eigenvalue weighted by atomic mass is 10.1. The zero-order valence-corrected chi connectivity index (χ0v) is 20.9. The van der Waals surface area contributed by atoms with Crippen LogP contribution in [0.25, 0.3) is 11.1 Å². The number of fused-ring (bicyclic) bond motifs is 4. The second-order valence-corrected chi connectivity index (χ2v) is 15.2. The van der Waals surface area contributed by atoms with E-state index in [4.69, 9.17) is 0 Å². The highest BCUT2D eigenvalue weighted by atomic mass is 32.2. The van der Waals surface area contributed by atoms with E-state index in [1.165, 1.54) is 36.1 Å². The molecule has 0 amide bonds. The lowest BCUT2D eigenvalue weighted by Gasteiger charge is -2.25. The van der Waals surface area contributed by atoms with Crippen LogP contribution in [0.4, 0.5) is 0 Å². The van der Waals surface area contributed by atoms with Crippen molar-refractivity contribution in [3.05, 3.63) is 84.9 Å². The van der Waals surface area contributed by atoms with Gasteiger partial charge in [-0.15, -0.1) is 0 Å². The first-order valence-corrected chi connectivity index (χ1v) is 16.3. The Labute approximate surface area is 193 Å². The van der Waals surface area contributed by atoms with Crippen molar-refractivity contribution in [3.63, 3.8) is 0 Å². The molecule has 0 saturated carbocycles. The average molecular weight is 469 g/mol. The minimum absolute atomic E-state index is 0.733. The van der Waals surface area contributed by atoms with Gasteiger partial charge in [0.2, 0.25) is 0 Å². The van der Waals surface area contributed by atoms with Crippen LogP contribution >= 0.6 is 11.8 Å². The maximum Gasteiger partial charge on any atom is 0.121 e. The van der Waals surface area contributed by atoms with Gasteiger partial charge in [-0.1, -0.05) is 85.5 Å². The van der Waals surface area contributed by atoms with Crippen molar-refractivity contribution in [2.75, 3.05) is 0 Å². The molecule has 0 aliphatic carbocycles. The van der Waals surface area contributed by atoms with Crippen LogP contribution in [0, 0.1) is 0 Å². The van der Waals surface area contributed by atoms with Crippen LogP contribution in [0.3, 0.4) is 0 Å². The quantitative estimate of drug-likeness (QED) is 0.396. The third-order valence-electron chi connectivity index (χ3n) is 6.31. The second-order valence-electron chi connectivity index (χ2n) is 8.03. The smallest absolute Gasteiger partial charge is 0.121 e. The Hall–Kier alpha value is -2.19. The van der Waals surface area contributed by atoms with E-state index in [1.807, 2.05) is 23.9 Å². The van der Waals surface area contributed by atoms with Crippen molar-refractivity contribution in [3.8, 4) is 11.1 Å². The van der Waals surface area contributed by atoms with Gasteiger partial charge < -0.3 is 0 Å². The predicted octanol–water partition coefficient (Wildman–Crippen LogP) is 3.78. The van der Waals surface area contributed by atoms with Crippen LogP contribution < -0.4 is 20.7 Å². The Morgan fingerprint density at radius 3 is 2.03 bits per heavy atom. The maximum absolute atomic E-state index is 13.4. The number of hydrogen-bond acceptors (Lipinski definition) is 2. The fourth-order valence-corrected chi connectivity index (χ4v) is 13.2. The van der Waals surface area contributed by atoms with Gasteiger partial charge in [-0.3, -0.25) is 0 Å². The molecule has 1 nitrogen and oxygen atoms in total. The van der Waals surface area contributed by atoms with E-state index in [-0.39, 0.29) is 0 Å². The van der Waals surface area contributed by atoms with Gasteiger partial charge in [-0.25, -0.2) is 4.21 Å². The third-order valence-corrected chi connectivity index (χ3v) is 14.6. The molecule has 2 radical (unpaired) electrons. The van der Waals surface area contributed by atoms with Gasteiger partial charge >= 0.3 is 0 Å². The molecule has 0 bridgehead atoms. The molecule has 0 aromatic heterocycles. The standard InChI is InChI=1S/C26H20OS2Si2/c1-30-23-9-5-3-7-19(23)28-20-15-17(11-13-24(20)30)18-12-14-26-22(16-18)29(27)21-8-4-6-10-25(21)31(26)2/h3-16H,1-2H3. The van der Waals surface area contributed by atoms with Crippen LogP contribution in [-0.4, -0.2) is 21.8 Å². The fraction of sp³-hybridized carbons (Fsp3) is 0.0769. The largest absolute Gasteiger partial charge is 0.249 e. The highest BCUT2D eigenvalue weighted by Crippen LogP contribution is 2.33. The molecular weight excluding hydrogens is 449 g/mol. The first-order chi connectivity index (χ1) is 15.1. The molecule has 2 aliphatic heterocycles. The van der Waals surface area contributed by atoms with E-state index in [2.05, 4.69) is 85.9 Å². The van der Waals surface area contributed by atoms with E-state index in [1.54, 1.807) is 0 Å². The van der Waals surface area contributed by atoms with Gasteiger partial charge in [0.05, 0.1) is 10.8 Å². The number of benzene rings is 4. The summed E-state index contributed by atoms with van der Waals surface area (Å²) in [7, 11) is -2.72. The van der Waals surface area contributed by atoms with Gasteiger partial charge in [0.25, 0.3) is 0 Å². The van der Waals surface area contributed by atoms with Crippen molar-refractivity contribution >= 4 is 60.9 Å². The summed E-state index contributed by atoms with van der Waals surface area (Å²) in [5, 5.41) is 5.57. The molecule has 0 fully saturated rings. The molecule has 0 N–H and O–H groups in total. The van der Waals surface area contributed by atoms with Crippen LogP contribution in [0.15, 0.2) is 105 Å². The van der Waals surface area contributed by atoms with Gasteiger partial charge in [0.15, 0.2) is 0 Å². The topological polar surface area (TPSA) is 17.1 Å². The van der Waals surface area contributed by atoms with Crippen molar-refractivity contribution in [2.24, 2.45) is 0 Å². The molecule has 0 spiro atoms. The maximum atomic E-state index is 13.4. The summed E-state index contributed by atoms with van der Waals surface area (Å²) in [6, 6.07) is 30.6. The van der Waals surface area contributed by atoms with Crippen LogP contribution in [0.2, 0.25) is 13.1 Å². The molecule has 6 rings (SSSR count). The molecular formula is C26H20OS2Si2. The fourth-order valence-electron chi connectivity index (χ4n) is 4.59. The predicted molar refractivity (Wildman–Crippen MR) is 135 cm³/mol. The van der Waals surface area contributed by atoms with Crippen molar-refractivity contribution in [1.82, 2.24) is 0 Å². The highest BCUT2D eigenvalue weighted by Gasteiger charge is 2.29. The highest BCUT2D eigenvalue weighted by molar-refractivity contribution is 8.00. The van der Waals surface area contributed by atoms with Crippen LogP contribution in [0.1, 0.15) is 0 Å². The lowest BCUT2D eigenvalue weighted by Crippen LogP contribution is -2.46. The van der Waals surface area contributed by atoms with Gasteiger partial charge in [-0.05, 0) is 56.1 Å². The lowest BCUT2D eigenvalue weighted by molar-refractivity contribution is 0.683. The van der Waals surface area contributed by atoms with E-state index < -0.39 is 28.4 Å². The normalized spacial score (nSPS) is 17.4. The van der Waals surface area contributed by atoms with E-state index in [9.17, 15) is 4.21 Å². The van der Waals surface area contributed by atoms with Gasteiger partial charge in [0, 0.05) is 19.6 Å². The molecule has 2 aliphatic rings. The summed E-state index contributed by atoms with van der Waals surface area (Å²) >= 11 is 1.89. The minimum Gasteiger partial charge on any atom is -0.249 e. The third kappa shape index (κ3) is 3.06. The van der Waals surface area contributed by atoms with E-state index in [0.29, 0.717) is 0 Å². The first kappa shape index (κ1) is 19.5. The monoisotopic (exact) mass is 468 g/mol. The molecule has 4 aromatic carbocycles. The first-order valence-electron chi connectivity index (χ1n) is 10.4. The minimum atomic E-state index is -1.11. The number of hydrogen-bond donors (Lipinski definition) is 0. The summed E-state index contributed by atoms with van der Waals surface area (Å²) in [6.45, 7) is 4.71. The number of rotatable bonds is 1. The van der Waals surface area contributed by atoms with Crippen LogP contribution in [-0.2, 0) is 10.8 Å². The van der Waals surface area contributed by atoms with Crippen molar-refractivity contribution in [2.45, 2.75) is 32.7 Å². The molecule has 0 saturated heterocycles. The van der Waals surface area contributed by atoms with E-state index >= 15 is 0 Å². The van der Waals surface area contributed by atoms with E-state index in [0.717, 1.165) is 15.4 Å². The van der Waals surface area contributed by atoms with Crippen molar-refractivity contribution < 1.29 is 4.21 Å². The molecule has 4 aromatic rings. The second kappa shape index (κ2) is 7.45. The van der Waals surface area contributed by atoms with Crippen LogP contribution in [0.5, 0.6) is 0 Å². The Balaban J connectivity index is 1.43. The molecule has 2 heterocycles. The molecule has 1 atom stereocenters. The average Bonchev–Trinajstić information content (AvgIpc) is 2.82. The Morgan fingerprint density at radius 1 is 0.613 bits per heavy atom. The van der Waals surface area contributed by atoms with Crippen molar-refractivity contribution in [1.29, 1.82) is 0 Å². The van der Waals surface area contributed by atoms with Gasteiger partial charge in [0.1, 0.15) is 17.6 Å². The van der Waals surface area contributed by atoms with Gasteiger partial charge in [-0.2, -0.15) is 0 Å². The summed E-state index contributed by atoms with van der Waals surface area (Å²) in [6.07, 6.45) is 0. The molecule has 1 unspecified atom stereocenters. The molecule has 150 valence electrons. The summed E-state index contributed by atoms with van der Waals surface area (Å²) in [4.78, 5) is 4.77. The Kier molecular flexibility index (Phi) is 4.68. The SMILES string of the molecule is C[Si]1c2ccccc2Sc2cc(-c3ccc4c(c3)S(=O)c3ccccc3[Si]4C)ccc21. The Morgan fingerprint density at radius 2 is 1.19 bits per heavy atom.